The van der Waals surface area contributed by atoms with Crippen molar-refractivity contribution in [1.29, 1.82) is 0 Å². The second kappa shape index (κ2) is 4.40. The summed E-state index contributed by atoms with van der Waals surface area (Å²) < 4.78 is 0. The predicted molar refractivity (Wildman–Crippen MR) is 68.6 cm³/mol. The molecule has 0 radical (unpaired) electrons. The second-order valence-electron chi connectivity index (χ2n) is 4.83. The zero-order chi connectivity index (χ0) is 12.6. The van der Waals surface area contributed by atoms with E-state index in [0.717, 1.165) is 13.1 Å². The van der Waals surface area contributed by atoms with Gasteiger partial charge in [-0.3, -0.25) is 4.79 Å². The number of fused-ring (bicyclic) bond motifs is 1. The number of anilines is 1. The Morgan fingerprint density at radius 1 is 1.59 bits per heavy atom. The van der Waals surface area contributed by atoms with Gasteiger partial charge in [0, 0.05) is 24.7 Å². The summed E-state index contributed by atoms with van der Waals surface area (Å²) in [5.74, 6) is -0.921. The molecule has 1 aromatic carbocycles. The number of nitrogens with zero attached hydrogens (tertiary/aromatic N) is 1. The van der Waals surface area contributed by atoms with Gasteiger partial charge in [0.25, 0.3) is 0 Å². The molecule has 1 aromatic rings. The van der Waals surface area contributed by atoms with Crippen LogP contribution in [-0.2, 0) is 4.79 Å². The Morgan fingerprint density at radius 2 is 2.29 bits per heavy atom. The Labute approximate surface area is 102 Å². The van der Waals surface area contributed by atoms with Crippen LogP contribution >= 0.6 is 0 Å². The van der Waals surface area contributed by atoms with Gasteiger partial charge in [-0.1, -0.05) is 24.6 Å². The minimum Gasteiger partial charge on any atom is -0.481 e. The molecule has 0 spiro atoms. The quantitative estimate of drug-likeness (QED) is 0.872. The summed E-state index contributed by atoms with van der Waals surface area (Å²) in [6, 6.07) is 6.34. The molecule has 92 valence electrons. The molecular formula is C14H19NO2. The number of benzene rings is 1. The lowest BCUT2D eigenvalue weighted by atomic mass is 9.88. The van der Waals surface area contributed by atoms with E-state index < -0.39 is 5.97 Å². The van der Waals surface area contributed by atoms with Crippen molar-refractivity contribution in [3.63, 3.8) is 0 Å². The zero-order valence-corrected chi connectivity index (χ0v) is 10.6. The SMILES string of the molecule is CCN1CC(C(C)C(=O)O)c2cc(C)ccc21. The van der Waals surface area contributed by atoms with E-state index >= 15 is 0 Å². The summed E-state index contributed by atoms with van der Waals surface area (Å²) in [5.41, 5.74) is 3.60. The Hall–Kier alpha value is -1.51. The number of carboxylic acids is 1. The van der Waals surface area contributed by atoms with Crippen LogP contribution in [0, 0.1) is 12.8 Å². The van der Waals surface area contributed by atoms with Crippen LogP contribution in [-0.4, -0.2) is 24.2 Å². The number of aryl methyl sites for hydroxylation is 1. The first-order valence-electron chi connectivity index (χ1n) is 6.13. The summed E-state index contributed by atoms with van der Waals surface area (Å²) >= 11 is 0. The van der Waals surface area contributed by atoms with E-state index in [-0.39, 0.29) is 11.8 Å². The summed E-state index contributed by atoms with van der Waals surface area (Å²) in [4.78, 5) is 13.4. The van der Waals surface area contributed by atoms with Gasteiger partial charge >= 0.3 is 5.97 Å². The fourth-order valence-electron chi connectivity index (χ4n) is 2.59. The minimum atomic E-state index is -0.708. The molecule has 0 bridgehead atoms. The fraction of sp³-hybridized carbons (Fsp3) is 0.500. The van der Waals surface area contributed by atoms with Crippen LogP contribution in [0.1, 0.15) is 30.9 Å². The van der Waals surface area contributed by atoms with Crippen molar-refractivity contribution in [1.82, 2.24) is 0 Å². The van der Waals surface area contributed by atoms with E-state index in [9.17, 15) is 9.90 Å². The van der Waals surface area contributed by atoms with Crippen molar-refractivity contribution in [2.45, 2.75) is 26.7 Å². The molecule has 1 heterocycles. The Kier molecular flexibility index (Phi) is 3.09. The van der Waals surface area contributed by atoms with Crippen LogP contribution < -0.4 is 4.90 Å². The molecule has 0 aromatic heterocycles. The number of hydrogen-bond acceptors (Lipinski definition) is 2. The number of carboxylic acid groups (broad SMARTS) is 1. The van der Waals surface area contributed by atoms with Crippen molar-refractivity contribution in [2.75, 3.05) is 18.0 Å². The maximum atomic E-state index is 11.2. The molecule has 1 aliphatic heterocycles. The van der Waals surface area contributed by atoms with E-state index in [2.05, 4.69) is 36.9 Å². The van der Waals surface area contributed by atoms with E-state index in [0.29, 0.717) is 0 Å². The lowest BCUT2D eigenvalue weighted by Gasteiger charge is -2.18. The summed E-state index contributed by atoms with van der Waals surface area (Å²) in [6.45, 7) is 7.72. The van der Waals surface area contributed by atoms with E-state index in [1.54, 1.807) is 6.92 Å². The third kappa shape index (κ3) is 2.02. The minimum absolute atomic E-state index is 0.113. The van der Waals surface area contributed by atoms with Crippen LogP contribution in [0.15, 0.2) is 18.2 Å². The molecule has 1 aliphatic rings. The highest BCUT2D eigenvalue weighted by Crippen LogP contribution is 2.40. The molecule has 17 heavy (non-hydrogen) atoms. The first-order valence-corrected chi connectivity index (χ1v) is 6.13. The van der Waals surface area contributed by atoms with Crippen molar-refractivity contribution < 1.29 is 9.90 Å². The first kappa shape index (κ1) is 12.0. The fourth-order valence-corrected chi connectivity index (χ4v) is 2.59. The van der Waals surface area contributed by atoms with Crippen molar-refractivity contribution in [3.8, 4) is 0 Å². The lowest BCUT2D eigenvalue weighted by Crippen LogP contribution is -2.26. The van der Waals surface area contributed by atoms with Gasteiger partial charge in [0.05, 0.1) is 5.92 Å². The van der Waals surface area contributed by atoms with Gasteiger partial charge in [0.1, 0.15) is 0 Å². The largest absolute Gasteiger partial charge is 0.481 e. The number of hydrogen-bond donors (Lipinski definition) is 1. The Morgan fingerprint density at radius 3 is 2.88 bits per heavy atom. The van der Waals surface area contributed by atoms with Crippen molar-refractivity contribution in [2.24, 2.45) is 5.92 Å². The molecule has 0 fully saturated rings. The third-order valence-corrected chi connectivity index (χ3v) is 3.72. The number of likely N-dealkylation sites (N-methyl/N-ethyl adjacent to an activating group) is 1. The predicted octanol–water partition coefficient (Wildman–Crippen LogP) is 2.64. The standard InChI is InChI=1S/C14H19NO2/c1-4-15-8-12(10(3)14(16)17)11-7-9(2)5-6-13(11)15/h5-7,10,12H,4,8H2,1-3H3,(H,16,17). The molecule has 0 saturated carbocycles. The van der Waals surface area contributed by atoms with Crippen molar-refractivity contribution >= 4 is 11.7 Å². The molecule has 0 aliphatic carbocycles. The van der Waals surface area contributed by atoms with Crippen molar-refractivity contribution in [3.05, 3.63) is 29.3 Å². The van der Waals surface area contributed by atoms with Gasteiger partial charge in [0.15, 0.2) is 0 Å². The highest BCUT2D eigenvalue weighted by atomic mass is 16.4. The Balaban J connectivity index is 2.41. The highest BCUT2D eigenvalue weighted by molar-refractivity contribution is 5.73. The summed E-state index contributed by atoms with van der Waals surface area (Å²) in [5, 5.41) is 9.18. The maximum Gasteiger partial charge on any atom is 0.306 e. The number of aliphatic carboxylic acids is 1. The second-order valence-corrected chi connectivity index (χ2v) is 4.83. The van der Waals surface area contributed by atoms with Gasteiger partial charge in [-0.25, -0.2) is 0 Å². The summed E-state index contributed by atoms with van der Waals surface area (Å²) in [7, 11) is 0. The van der Waals surface area contributed by atoms with Gasteiger partial charge in [-0.2, -0.15) is 0 Å². The molecule has 1 N–H and O–H groups in total. The zero-order valence-electron chi connectivity index (χ0n) is 10.6. The topological polar surface area (TPSA) is 40.5 Å². The van der Waals surface area contributed by atoms with E-state index in [1.807, 2.05) is 0 Å². The number of carbonyl (C=O) groups is 1. The lowest BCUT2D eigenvalue weighted by molar-refractivity contribution is -0.141. The first-order chi connectivity index (χ1) is 8.04. The third-order valence-electron chi connectivity index (χ3n) is 3.72. The van der Waals surface area contributed by atoms with Crippen LogP contribution in [0.5, 0.6) is 0 Å². The van der Waals surface area contributed by atoms with Crippen LogP contribution in [0.25, 0.3) is 0 Å². The van der Waals surface area contributed by atoms with Gasteiger partial charge < -0.3 is 10.0 Å². The van der Waals surface area contributed by atoms with Crippen LogP contribution in [0.2, 0.25) is 0 Å². The molecule has 0 saturated heterocycles. The average Bonchev–Trinajstić information content (AvgIpc) is 2.65. The number of rotatable bonds is 3. The molecule has 2 atom stereocenters. The van der Waals surface area contributed by atoms with E-state index in [1.165, 1.54) is 16.8 Å². The highest BCUT2D eigenvalue weighted by Gasteiger charge is 2.34. The molecule has 3 nitrogen and oxygen atoms in total. The van der Waals surface area contributed by atoms with Gasteiger partial charge in [0.2, 0.25) is 0 Å². The van der Waals surface area contributed by atoms with Crippen LogP contribution in [0.4, 0.5) is 5.69 Å². The molecule has 2 rings (SSSR count). The Bertz CT molecular complexity index is 442. The molecule has 0 amide bonds. The smallest absolute Gasteiger partial charge is 0.306 e. The molecule has 3 heteroatoms. The van der Waals surface area contributed by atoms with Gasteiger partial charge in [-0.15, -0.1) is 0 Å². The van der Waals surface area contributed by atoms with Crippen LogP contribution in [0.3, 0.4) is 0 Å². The maximum absolute atomic E-state index is 11.2. The monoisotopic (exact) mass is 233 g/mol. The normalized spacial score (nSPS) is 20.2. The van der Waals surface area contributed by atoms with E-state index in [4.69, 9.17) is 0 Å². The average molecular weight is 233 g/mol. The van der Waals surface area contributed by atoms with Gasteiger partial charge in [-0.05, 0) is 25.5 Å². The molecular weight excluding hydrogens is 214 g/mol. The molecule has 2 unspecified atom stereocenters. The summed E-state index contributed by atoms with van der Waals surface area (Å²) in [6.07, 6.45) is 0.